The number of benzene rings is 2. The largest absolute Gasteiger partial charge is 0.497 e. The highest BCUT2D eigenvalue weighted by atomic mass is 79.9. The van der Waals surface area contributed by atoms with Crippen LogP contribution in [0.4, 0.5) is 11.6 Å². The molecule has 0 aliphatic heterocycles. The molecule has 6 nitrogen and oxygen atoms in total. The first-order valence-corrected chi connectivity index (χ1v) is 13.7. The van der Waals surface area contributed by atoms with E-state index >= 15 is 0 Å². The number of methoxy groups -OCH3 is 2. The number of pyridine rings is 2. The molecular weight excluding hydrogens is 608 g/mol. The lowest BCUT2D eigenvalue weighted by Crippen LogP contribution is -2.23. The van der Waals surface area contributed by atoms with Gasteiger partial charge in [-0.1, -0.05) is 24.3 Å². The van der Waals surface area contributed by atoms with Crippen molar-refractivity contribution in [2.24, 2.45) is 0 Å². The molecule has 38 heavy (non-hydrogen) atoms. The van der Waals surface area contributed by atoms with Gasteiger partial charge in [0.2, 0.25) is 0 Å². The molecular formula is C30H34Br2N4O2. The van der Waals surface area contributed by atoms with Gasteiger partial charge in [0.1, 0.15) is 32.3 Å². The van der Waals surface area contributed by atoms with E-state index in [0.717, 1.165) is 50.7 Å². The molecule has 2 aromatic carbocycles. The predicted octanol–water partition coefficient (Wildman–Crippen LogP) is 7.73. The van der Waals surface area contributed by atoms with E-state index in [2.05, 4.69) is 85.9 Å². The third kappa shape index (κ3) is 7.95. The molecule has 0 spiro atoms. The molecule has 4 aromatic rings. The van der Waals surface area contributed by atoms with Crippen LogP contribution in [0.5, 0.6) is 11.5 Å². The molecule has 0 atom stereocenters. The van der Waals surface area contributed by atoms with E-state index < -0.39 is 0 Å². The molecule has 0 radical (unpaired) electrons. The molecule has 2 aromatic heterocycles. The van der Waals surface area contributed by atoms with Gasteiger partial charge < -0.3 is 20.1 Å². The first kappa shape index (κ1) is 29.5. The summed E-state index contributed by atoms with van der Waals surface area (Å²) in [6.45, 7) is 9.71. The van der Waals surface area contributed by atoms with Crippen LogP contribution in [0.3, 0.4) is 0 Å². The van der Waals surface area contributed by atoms with Gasteiger partial charge in [-0.05, 0) is 129 Å². The van der Waals surface area contributed by atoms with Gasteiger partial charge >= 0.3 is 0 Å². The Labute approximate surface area is 242 Å². The van der Waals surface area contributed by atoms with Crippen molar-refractivity contribution in [1.29, 1.82) is 0 Å². The zero-order valence-corrected chi connectivity index (χ0v) is 25.9. The quantitative estimate of drug-likeness (QED) is 0.208. The Morgan fingerprint density at radius 3 is 1.50 bits per heavy atom. The van der Waals surface area contributed by atoms with Crippen molar-refractivity contribution in [2.45, 2.75) is 40.8 Å². The summed E-state index contributed by atoms with van der Waals surface area (Å²) in [4.78, 5) is 11.1. The second-order valence-electron chi connectivity index (χ2n) is 9.05. The number of aromatic nitrogens is 2. The lowest BCUT2D eigenvalue weighted by Gasteiger charge is -2.25. The highest BCUT2D eigenvalue weighted by Crippen LogP contribution is 2.26. The van der Waals surface area contributed by atoms with Crippen molar-refractivity contribution in [2.75, 3.05) is 24.9 Å². The van der Waals surface area contributed by atoms with Crippen LogP contribution in [0.1, 0.15) is 33.4 Å². The van der Waals surface area contributed by atoms with E-state index in [9.17, 15) is 0 Å². The normalized spacial score (nSPS) is 10.4. The molecule has 0 aliphatic carbocycles. The van der Waals surface area contributed by atoms with E-state index in [-0.39, 0.29) is 0 Å². The summed E-state index contributed by atoms with van der Waals surface area (Å²) in [5, 5.41) is 0. The van der Waals surface area contributed by atoms with E-state index in [0.29, 0.717) is 5.82 Å². The van der Waals surface area contributed by atoms with Crippen LogP contribution in [0, 0.1) is 27.7 Å². The van der Waals surface area contributed by atoms with Crippen LogP contribution in [0.25, 0.3) is 0 Å². The van der Waals surface area contributed by atoms with E-state index in [1.54, 1.807) is 14.2 Å². The monoisotopic (exact) mass is 640 g/mol. The Morgan fingerprint density at radius 1 is 0.684 bits per heavy atom. The summed E-state index contributed by atoms with van der Waals surface area (Å²) >= 11 is 6.91. The number of hydrogen-bond donors (Lipinski definition) is 1. The summed E-state index contributed by atoms with van der Waals surface area (Å²) in [7, 11) is 3.36. The van der Waals surface area contributed by atoms with Crippen LogP contribution in [0.15, 0.2) is 69.9 Å². The van der Waals surface area contributed by atoms with Gasteiger partial charge in [-0.25, -0.2) is 9.97 Å². The predicted molar refractivity (Wildman–Crippen MR) is 163 cm³/mol. The van der Waals surface area contributed by atoms with Gasteiger partial charge in [-0.3, -0.25) is 0 Å². The number of anilines is 2. The first-order chi connectivity index (χ1) is 18.1. The number of hydrogen-bond acceptors (Lipinski definition) is 6. The van der Waals surface area contributed by atoms with Crippen molar-refractivity contribution < 1.29 is 9.47 Å². The van der Waals surface area contributed by atoms with Crippen molar-refractivity contribution in [3.8, 4) is 11.5 Å². The highest BCUT2D eigenvalue weighted by Gasteiger charge is 2.13. The molecule has 200 valence electrons. The standard InChI is InChI=1S/C23H25BrN2O2.C7H9BrN2/c1-16-13-22(25-23(24)17(16)2)26(14-18-5-9-20(27-3)10-6-18)15-19-7-11-21(28-4)12-8-19;1-4-3-6(9)10-7(8)5(4)2/h5-13H,14-15H2,1-4H3;3H,1-2H3,(H2,9,10). The van der Waals surface area contributed by atoms with Crippen molar-refractivity contribution in [3.05, 3.63) is 103 Å². The molecule has 0 aliphatic rings. The minimum atomic E-state index is 0.565. The number of aryl methyl sites for hydroxylation is 2. The summed E-state index contributed by atoms with van der Waals surface area (Å²) in [6, 6.07) is 20.3. The fourth-order valence-electron chi connectivity index (χ4n) is 3.69. The molecule has 4 rings (SSSR count). The van der Waals surface area contributed by atoms with Crippen LogP contribution in [0.2, 0.25) is 0 Å². The maximum Gasteiger partial charge on any atom is 0.130 e. The fourth-order valence-corrected chi connectivity index (χ4v) is 4.70. The number of rotatable bonds is 7. The lowest BCUT2D eigenvalue weighted by atomic mass is 10.1. The molecule has 0 saturated carbocycles. The molecule has 0 fully saturated rings. The van der Waals surface area contributed by atoms with Crippen molar-refractivity contribution in [3.63, 3.8) is 0 Å². The highest BCUT2D eigenvalue weighted by molar-refractivity contribution is 9.10. The number of halogens is 2. The van der Waals surface area contributed by atoms with Crippen LogP contribution in [-0.4, -0.2) is 24.2 Å². The molecule has 0 unspecified atom stereocenters. The van der Waals surface area contributed by atoms with Gasteiger partial charge in [0.15, 0.2) is 0 Å². The Kier molecular flexibility index (Phi) is 10.6. The Balaban J connectivity index is 0.000000336. The number of nitrogen functional groups attached to an aromatic ring is 1. The van der Waals surface area contributed by atoms with Crippen LogP contribution in [-0.2, 0) is 13.1 Å². The zero-order valence-electron chi connectivity index (χ0n) is 22.7. The van der Waals surface area contributed by atoms with Crippen LogP contribution < -0.4 is 20.1 Å². The third-order valence-electron chi connectivity index (χ3n) is 6.34. The van der Waals surface area contributed by atoms with Gasteiger partial charge in [0.25, 0.3) is 0 Å². The van der Waals surface area contributed by atoms with Gasteiger partial charge in [0, 0.05) is 13.1 Å². The molecule has 2 heterocycles. The van der Waals surface area contributed by atoms with Gasteiger partial charge in [-0.15, -0.1) is 0 Å². The number of ether oxygens (including phenoxy) is 2. The average Bonchev–Trinajstić information content (AvgIpc) is 2.91. The van der Waals surface area contributed by atoms with Gasteiger partial charge in [0.05, 0.1) is 14.2 Å². The van der Waals surface area contributed by atoms with Crippen molar-refractivity contribution >= 4 is 43.5 Å². The fraction of sp³-hybridized carbons (Fsp3) is 0.267. The van der Waals surface area contributed by atoms with Crippen molar-refractivity contribution in [1.82, 2.24) is 9.97 Å². The van der Waals surface area contributed by atoms with E-state index in [1.807, 2.05) is 44.2 Å². The topological polar surface area (TPSA) is 73.5 Å². The zero-order chi connectivity index (χ0) is 27.8. The Bertz CT molecular complexity index is 1260. The van der Waals surface area contributed by atoms with E-state index in [1.165, 1.54) is 22.3 Å². The smallest absolute Gasteiger partial charge is 0.130 e. The third-order valence-corrected chi connectivity index (χ3v) is 7.88. The first-order valence-electron chi connectivity index (χ1n) is 12.1. The SMILES string of the molecule is COc1ccc(CN(Cc2ccc(OC)cc2)c2cc(C)c(C)c(Br)n2)cc1.Cc1cc(N)nc(Br)c1C. The Hall–Kier alpha value is -3.10. The summed E-state index contributed by atoms with van der Waals surface area (Å²) in [5.74, 6) is 3.23. The Morgan fingerprint density at radius 2 is 1.11 bits per heavy atom. The lowest BCUT2D eigenvalue weighted by molar-refractivity contribution is 0.414. The maximum atomic E-state index is 5.49. The molecule has 0 bridgehead atoms. The number of nitrogens with two attached hydrogens (primary N) is 1. The molecule has 2 N–H and O–H groups in total. The molecule has 0 amide bonds. The second-order valence-corrected chi connectivity index (χ2v) is 10.5. The summed E-state index contributed by atoms with van der Waals surface area (Å²) in [6.07, 6.45) is 0. The minimum Gasteiger partial charge on any atom is -0.497 e. The maximum absolute atomic E-state index is 5.49. The molecule has 8 heteroatoms. The summed E-state index contributed by atoms with van der Waals surface area (Å²) < 4.78 is 12.3. The second kappa shape index (κ2) is 13.6. The van der Waals surface area contributed by atoms with Gasteiger partial charge in [-0.2, -0.15) is 0 Å². The number of nitrogens with zero attached hydrogens (tertiary/aromatic N) is 3. The van der Waals surface area contributed by atoms with E-state index in [4.69, 9.17) is 20.2 Å². The minimum absolute atomic E-state index is 0.565. The van der Waals surface area contributed by atoms with Crippen LogP contribution >= 0.6 is 31.9 Å². The molecule has 0 saturated heterocycles. The summed E-state index contributed by atoms with van der Waals surface area (Å²) in [5.41, 5.74) is 12.6. The average molecular weight is 642 g/mol.